The molecule has 0 atom stereocenters. The third-order valence-corrected chi connectivity index (χ3v) is 4.51. The van der Waals surface area contributed by atoms with Gasteiger partial charge in [-0.15, -0.1) is 0 Å². The number of carbonyl (C=O) groups excluding carboxylic acids is 2. The van der Waals surface area contributed by atoms with Crippen molar-refractivity contribution in [3.63, 3.8) is 0 Å². The van der Waals surface area contributed by atoms with Crippen molar-refractivity contribution in [2.75, 3.05) is 11.9 Å². The summed E-state index contributed by atoms with van der Waals surface area (Å²) in [5.74, 6) is 0.247. The highest BCUT2D eigenvalue weighted by Gasteiger charge is 2.20. The summed E-state index contributed by atoms with van der Waals surface area (Å²) in [5.41, 5.74) is 0.321. The fourth-order valence-corrected chi connectivity index (χ4v) is 2.54. The second-order valence-corrected chi connectivity index (χ2v) is 7.68. The molecule has 0 aliphatic rings. The van der Waals surface area contributed by atoms with Crippen molar-refractivity contribution in [1.29, 1.82) is 0 Å². The lowest BCUT2D eigenvalue weighted by molar-refractivity contribution is -0.128. The fourth-order valence-electron chi connectivity index (χ4n) is 2.16. The molecule has 0 radical (unpaired) electrons. The molecule has 0 bridgehead atoms. The van der Waals surface area contributed by atoms with Crippen LogP contribution in [0.5, 0.6) is 0 Å². The third-order valence-electron chi connectivity index (χ3n) is 3.65. The van der Waals surface area contributed by atoms with Gasteiger partial charge in [0.05, 0.1) is 22.8 Å². The molecule has 6 nitrogen and oxygen atoms in total. The summed E-state index contributed by atoms with van der Waals surface area (Å²) in [5, 5.41) is 10.7. The van der Waals surface area contributed by atoms with Crippen LogP contribution in [0.15, 0.2) is 30.5 Å². The van der Waals surface area contributed by atoms with Crippen molar-refractivity contribution in [3.05, 3.63) is 46.1 Å². The Hall–Kier alpha value is -2.05. The van der Waals surface area contributed by atoms with E-state index >= 15 is 0 Å². The molecule has 2 rings (SSSR count). The third kappa shape index (κ3) is 5.47. The van der Waals surface area contributed by atoms with E-state index in [1.165, 1.54) is 0 Å². The number of anilines is 1. The first-order chi connectivity index (χ1) is 12.2. The molecule has 140 valence electrons. The van der Waals surface area contributed by atoms with Gasteiger partial charge in [-0.05, 0) is 11.6 Å². The van der Waals surface area contributed by atoms with E-state index in [1.807, 2.05) is 32.9 Å². The zero-order valence-corrected chi connectivity index (χ0v) is 16.5. The molecule has 0 unspecified atom stereocenters. The zero-order chi connectivity index (χ0) is 19.3. The number of nitrogens with one attached hydrogen (secondary N) is 2. The quantitative estimate of drug-likeness (QED) is 0.780. The molecule has 8 heteroatoms. The lowest BCUT2D eigenvalue weighted by Crippen LogP contribution is -2.36. The van der Waals surface area contributed by atoms with Crippen LogP contribution in [0.1, 0.15) is 32.8 Å². The van der Waals surface area contributed by atoms with Crippen molar-refractivity contribution in [1.82, 2.24) is 15.1 Å². The van der Waals surface area contributed by atoms with Gasteiger partial charge in [0.25, 0.3) is 0 Å². The molecule has 0 saturated carbocycles. The Morgan fingerprint density at radius 1 is 1.19 bits per heavy atom. The monoisotopic (exact) mass is 396 g/mol. The zero-order valence-electron chi connectivity index (χ0n) is 15.0. The summed E-state index contributed by atoms with van der Waals surface area (Å²) in [6.07, 6.45) is 1.76. The number of hydrogen-bond acceptors (Lipinski definition) is 3. The summed E-state index contributed by atoms with van der Waals surface area (Å²) in [7, 11) is 0. The molecule has 0 fully saturated rings. The molecule has 1 heterocycles. The van der Waals surface area contributed by atoms with Gasteiger partial charge in [-0.3, -0.25) is 9.59 Å². The van der Waals surface area contributed by atoms with Crippen molar-refractivity contribution in [3.8, 4) is 0 Å². The standard InChI is InChI=1S/C18H22Cl2N4O2/c1-18(2,3)17(26)21-9-8-15(25)23-14-7-10-22-24(14)11-12-5-4-6-13(19)16(12)20/h4-7,10H,8-9,11H2,1-3H3,(H,21,26)(H,23,25). The molecule has 0 aliphatic heterocycles. The predicted molar refractivity (Wildman–Crippen MR) is 104 cm³/mol. The minimum atomic E-state index is -0.481. The molecule has 2 aromatic rings. The average Bonchev–Trinajstić information content (AvgIpc) is 2.97. The van der Waals surface area contributed by atoms with Crippen LogP contribution in [0.4, 0.5) is 5.82 Å². The van der Waals surface area contributed by atoms with Gasteiger partial charge in [-0.1, -0.05) is 56.1 Å². The Morgan fingerprint density at radius 3 is 2.62 bits per heavy atom. The van der Waals surface area contributed by atoms with E-state index in [0.29, 0.717) is 22.4 Å². The number of rotatable bonds is 6. The minimum absolute atomic E-state index is 0.0917. The summed E-state index contributed by atoms with van der Waals surface area (Å²) >= 11 is 12.2. The summed E-state index contributed by atoms with van der Waals surface area (Å²) in [6.45, 7) is 6.12. The summed E-state index contributed by atoms with van der Waals surface area (Å²) < 4.78 is 1.63. The van der Waals surface area contributed by atoms with E-state index in [2.05, 4.69) is 15.7 Å². The molecule has 2 amide bonds. The Labute approximate surface area is 162 Å². The van der Waals surface area contributed by atoms with Crippen LogP contribution in [0, 0.1) is 5.41 Å². The summed E-state index contributed by atoms with van der Waals surface area (Å²) in [4.78, 5) is 23.9. The van der Waals surface area contributed by atoms with Crippen LogP contribution in [0.3, 0.4) is 0 Å². The Bertz CT molecular complexity index is 797. The Morgan fingerprint density at radius 2 is 1.92 bits per heavy atom. The van der Waals surface area contributed by atoms with E-state index in [9.17, 15) is 9.59 Å². The highest BCUT2D eigenvalue weighted by atomic mass is 35.5. The number of aromatic nitrogens is 2. The second-order valence-electron chi connectivity index (χ2n) is 6.89. The SMILES string of the molecule is CC(C)(C)C(=O)NCCC(=O)Nc1ccnn1Cc1cccc(Cl)c1Cl. The topological polar surface area (TPSA) is 76.0 Å². The van der Waals surface area contributed by atoms with Crippen LogP contribution < -0.4 is 10.6 Å². The van der Waals surface area contributed by atoms with Gasteiger partial charge >= 0.3 is 0 Å². The van der Waals surface area contributed by atoms with Crippen LogP contribution >= 0.6 is 23.2 Å². The molecule has 0 saturated heterocycles. The van der Waals surface area contributed by atoms with E-state index in [1.54, 1.807) is 23.0 Å². The molecular formula is C18H22Cl2N4O2. The summed E-state index contributed by atoms with van der Waals surface area (Å²) in [6, 6.07) is 7.07. The second kappa shape index (κ2) is 8.56. The van der Waals surface area contributed by atoms with Crippen molar-refractivity contribution in [2.24, 2.45) is 5.41 Å². The van der Waals surface area contributed by atoms with Gasteiger partial charge in [0.15, 0.2) is 0 Å². The van der Waals surface area contributed by atoms with E-state index in [4.69, 9.17) is 23.2 Å². The largest absolute Gasteiger partial charge is 0.355 e. The maximum absolute atomic E-state index is 12.1. The Kier molecular flexibility index (Phi) is 6.67. The van der Waals surface area contributed by atoms with E-state index < -0.39 is 5.41 Å². The lowest BCUT2D eigenvalue weighted by atomic mass is 9.96. The fraction of sp³-hybridized carbons (Fsp3) is 0.389. The highest BCUT2D eigenvalue weighted by Crippen LogP contribution is 2.26. The van der Waals surface area contributed by atoms with Gasteiger partial charge in [0, 0.05) is 24.4 Å². The van der Waals surface area contributed by atoms with E-state index in [-0.39, 0.29) is 24.8 Å². The molecule has 0 aliphatic carbocycles. The average molecular weight is 397 g/mol. The van der Waals surface area contributed by atoms with Gasteiger partial charge < -0.3 is 10.6 Å². The molecular weight excluding hydrogens is 375 g/mol. The molecule has 0 spiro atoms. The predicted octanol–water partition coefficient (Wildman–Crippen LogP) is 3.73. The van der Waals surface area contributed by atoms with Gasteiger partial charge in [-0.2, -0.15) is 5.10 Å². The van der Waals surface area contributed by atoms with Crippen LogP contribution in [0.25, 0.3) is 0 Å². The van der Waals surface area contributed by atoms with Crippen molar-refractivity contribution >= 4 is 40.8 Å². The maximum atomic E-state index is 12.1. The van der Waals surface area contributed by atoms with Crippen LogP contribution in [-0.2, 0) is 16.1 Å². The van der Waals surface area contributed by atoms with Gasteiger partial charge in [0.2, 0.25) is 11.8 Å². The Balaban J connectivity index is 1.93. The first kappa shape index (κ1) is 20.3. The number of halogens is 2. The van der Waals surface area contributed by atoms with Gasteiger partial charge in [-0.25, -0.2) is 4.68 Å². The highest BCUT2D eigenvalue weighted by molar-refractivity contribution is 6.42. The van der Waals surface area contributed by atoms with Crippen LogP contribution in [0.2, 0.25) is 10.0 Å². The van der Waals surface area contributed by atoms with Crippen molar-refractivity contribution < 1.29 is 9.59 Å². The molecule has 26 heavy (non-hydrogen) atoms. The lowest BCUT2D eigenvalue weighted by Gasteiger charge is -2.17. The molecule has 1 aromatic carbocycles. The normalized spacial score (nSPS) is 11.3. The maximum Gasteiger partial charge on any atom is 0.227 e. The van der Waals surface area contributed by atoms with Crippen molar-refractivity contribution in [2.45, 2.75) is 33.7 Å². The number of amides is 2. The molecule has 1 aromatic heterocycles. The number of hydrogen-bond donors (Lipinski definition) is 2. The minimum Gasteiger partial charge on any atom is -0.355 e. The first-order valence-corrected chi connectivity index (χ1v) is 8.97. The van der Waals surface area contributed by atoms with E-state index in [0.717, 1.165) is 5.56 Å². The smallest absolute Gasteiger partial charge is 0.227 e. The number of benzene rings is 1. The number of nitrogens with zero attached hydrogens (tertiary/aromatic N) is 2. The molecule has 2 N–H and O–H groups in total. The van der Waals surface area contributed by atoms with Gasteiger partial charge in [0.1, 0.15) is 5.82 Å². The first-order valence-electron chi connectivity index (χ1n) is 8.21. The van der Waals surface area contributed by atoms with Crippen LogP contribution in [-0.4, -0.2) is 28.1 Å². The number of carbonyl (C=O) groups is 2.